The van der Waals surface area contributed by atoms with Crippen molar-refractivity contribution >= 4 is 43.4 Å². The van der Waals surface area contributed by atoms with Gasteiger partial charge in [-0.3, -0.25) is 0 Å². The van der Waals surface area contributed by atoms with E-state index >= 15 is 0 Å². The Kier molecular flexibility index (Phi) is 7.22. The molecule has 1 radical (unpaired) electrons. The molecule has 0 aliphatic heterocycles. The molecule has 0 saturated carbocycles. The van der Waals surface area contributed by atoms with Gasteiger partial charge in [0.15, 0.2) is 0 Å². The number of fused-ring (bicyclic) bond motifs is 5. The van der Waals surface area contributed by atoms with E-state index in [9.17, 15) is 0 Å². The Hall–Kier alpha value is -3.63. The van der Waals surface area contributed by atoms with Crippen LogP contribution in [0, 0.1) is 38.2 Å². The van der Waals surface area contributed by atoms with Crippen LogP contribution in [0.4, 0.5) is 0 Å². The van der Waals surface area contributed by atoms with Crippen molar-refractivity contribution in [3.63, 3.8) is 0 Å². The molecule has 4 heterocycles. The largest absolute Gasteiger partial charge is 0.500 e. The number of hydrogen-bond donors (Lipinski definition) is 0. The van der Waals surface area contributed by atoms with Gasteiger partial charge in [0.2, 0.25) is 0 Å². The van der Waals surface area contributed by atoms with Crippen molar-refractivity contribution in [3.8, 4) is 22.5 Å². The van der Waals surface area contributed by atoms with E-state index in [0.717, 1.165) is 37.7 Å². The molecule has 219 valence electrons. The molecule has 0 unspecified atom stereocenters. The third-order valence-electron chi connectivity index (χ3n) is 6.78. The van der Waals surface area contributed by atoms with E-state index < -0.39 is 18.6 Å². The molecule has 0 fully saturated rings. The first-order valence-corrected chi connectivity index (χ1v) is 14.6. The maximum atomic E-state index is 8.80. The van der Waals surface area contributed by atoms with Crippen LogP contribution >= 0.6 is 11.3 Å². The van der Waals surface area contributed by atoms with Gasteiger partial charge in [-0.1, -0.05) is 61.5 Å². The second-order valence-corrected chi connectivity index (χ2v) is 12.7. The van der Waals surface area contributed by atoms with E-state index in [1.54, 1.807) is 44.2 Å². The summed E-state index contributed by atoms with van der Waals surface area (Å²) in [5, 5.41) is 2.95. The average molecular weight is 764 g/mol. The number of thiophene rings is 1. The third-order valence-corrected chi connectivity index (χ3v) is 7.80. The van der Waals surface area contributed by atoms with Crippen LogP contribution in [-0.4, -0.2) is 9.97 Å². The number of aryl methyl sites for hydroxylation is 3. The summed E-state index contributed by atoms with van der Waals surface area (Å²) < 4.78 is 49.0. The summed E-state index contributed by atoms with van der Waals surface area (Å²) in [7, 11) is 0. The number of nitrogens with zero attached hydrogens (tertiary/aromatic N) is 2. The van der Waals surface area contributed by atoms with E-state index in [0.29, 0.717) is 16.8 Å². The Morgan fingerprint density at radius 3 is 2.40 bits per heavy atom. The predicted molar refractivity (Wildman–Crippen MR) is 177 cm³/mol. The summed E-state index contributed by atoms with van der Waals surface area (Å²) in [6.07, 6.45) is 1.24. The first-order chi connectivity index (χ1) is 22.1. The second kappa shape index (κ2) is 12.5. The molecule has 0 bridgehead atoms. The summed E-state index contributed by atoms with van der Waals surface area (Å²) in [5.74, 6) is 0. The van der Waals surface area contributed by atoms with Crippen LogP contribution in [0.25, 0.3) is 54.5 Å². The normalized spacial score (nSPS) is 13.7. The maximum absolute atomic E-state index is 8.80. The third kappa shape index (κ3) is 6.65. The van der Waals surface area contributed by atoms with Crippen molar-refractivity contribution in [2.24, 2.45) is 5.41 Å². The van der Waals surface area contributed by atoms with Crippen molar-refractivity contribution in [1.82, 2.24) is 9.97 Å². The minimum atomic E-state index is -2.49. The van der Waals surface area contributed by atoms with Gasteiger partial charge < -0.3 is 14.4 Å². The van der Waals surface area contributed by atoms with Crippen molar-refractivity contribution < 1.29 is 31.4 Å². The molecule has 0 amide bonds. The van der Waals surface area contributed by atoms with E-state index in [2.05, 4.69) is 53.3 Å². The fourth-order valence-electron chi connectivity index (χ4n) is 4.91. The van der Waals surface area contributed by atoms with Gasteiger partial charge in [0.25, 0.3) is 0 Å². The summed E-state index contributed by atoms with van der Waals surface area (Å²) >= 11 is 1.71. The molecule has 0 aliphatic rings. The van der Waals surface area contributed by atoms with Crippen LogP contribution in [0.5, 0.6) is 0 Å². The van der Waals surface area contributed by atoms with Crippen LogP contribution in [0.2, 0.25) is 0 Å². The monoisotopic (exact) mass is 764 g/mol. The first-order valence-electron chi connectivity index (χ1n) is 16.3. The minimum absolute atomic E-state index is 0. The van der Waals surface area contributed by atoms with Gasteiger partial charge in [-0.05, 0) is 67.1 Å². The fraction of sp³-hybridized carbons (Fsp3) is 0.211. The summed E-state index contributed by atoms with van der Waals surface area (Å²) in [5.41, 5.74) is 4.81. The van der Waals surface area contributed by atoms with Crippen LogP contribution in [0.1, 0.15) is 49.2 Å². The van der Waals surface area contributed by atoms with Crippen LogP contribution in [0.15, 0.2) is 89.6 Å². The summed E-state index contributed by atoms with van der Waals surface area (Å²) in [6, 6.07) is 29.8. The zero-order valence-electron chi connectivity index (χ0n) is 29.6. The quantitative estimate of drug-likeness (QED) is 0.168. The molecule has 3 aromatic carbocycles. The molecule has 0 N–H and O–H groups in total. The van der Waals surface area contributed by atoms with E-state index in [-0.39, 0.29) is 31.2 Å². The SMILES string of the molecule is Cc1ccc(-c2[c-]cccc2)nc1.[2H]C([2H])([2H])c1cnc(-c2[c-]ccc3c2oc2c4cc(C)sc4ccc32)cc1C([2H])([2H])C(C)(C)C.[Ir]. The van der Waals surface area contributed by atoms with Crippen LogP contribution in [0.3, 0.4) is 0 Å². The molecule has 5 heteroatoms. The van der Waals surface area contributed by atoms with Crippen molar-refractivity contribution in [2.75, 3.05) is 0 Å². The van der Waals surface area contributed by atoms with Gasteiger partial charge in [0.05, 0.1) is 5.58 Å². The number of pyridine rings is 2. The van der Waals surface area contributed by atoms with Crippen molar-refractivity contribution in [2.45, 2.75) is 47.8 Å². The van der Waals surface area contributed by atoms with Crippen molar-refractivity contribution in [1.29, 1.82) is 0 Å². The molecule has 4 aromatic heterocycles. The molecular formula is C38H34IrN2OS-2. The number of hydrogen-bond acceptors (Lipinski definition) is 4. The van der Waals surface area contributed by atoms with Gasteiger partial charge in [-0.15, -0.1) is 65.4 Å². The molecular weight excluding hydrogens is 725 g/mol. The zero-order chi connectivity index (χ0) is 33.7. The molecule has 0 saturated heterocycles. The molecule has 43 heavy (non-hydrogen) atoms. The Labute approximate surface area is 278 Å². The van der Waals surface area contributed by atoms with Gasteiger partial charge in [0, 0.05) is 59.7 Å². The summed E-state index contributed by atoms with van der Waals surface area (Å²) in [4.78, 5) is 9.96. The van der Waals surface area contributed by atoms with E-state index in [4.69, 9.17) is 11.3 Å². The molecule has 7 aromatic rings. The first kappa shape index (κ1) is 24.8. The number of furan rings is 1. The van der Waals surface area contributed by atoms with E-state index in [1.807, 2.05) is 49.5 Å². The Morgan fingerprint density at radius 2 is 1.67 bits per heavy atom. The van der Waals surface area contributed by atoms with Gasteiger partial charge in [0.1, 0.15) is 5.58 Å². The van der Waals surface area contributed by atoms with Gasteiger partial charge >= 0.3 is 0 Å². The molecule has 7 rings (SSSR count). The van der Waals surface area contributed by atoms with Gasteiger partial charge in [-0.25, -0.2) is 0 Å². The molecule has 3 nitrogen and oxygen atoms in total. The van der Waals surface area contributed by atoms with Crippen LogP contribution < -0.4 is 0 Å². The predicted octanol–water partition coefficient (Wildman–Crippen LogP) is 10.7. The van der Waals surface area contributed by atoms with Crippen molar-refractivity contribution in [3.05, 3.63) is 119 Å². The topological polar surface area (TPSA) is 38.9 Å². The zero-order valence-corrected chi connectivity index (χ0v) is 27.8. The fourth-order valence-corrected chi connectivity index (χ4v) is 5.83. The molecule has 0 aliphatic carbocycles. The Morgan fingerprint density at radius 1 is 0.860 bits per heavy atom. The van der Waals surface area contributed by atoms with Crippen LogP contribution in [-0.2, 0) is 26.5 Å². The second-order valence-electron chi connectivity index (χ2n) is 11.4. The summed E-state index contributed by atoms with van der Waals surface area (Å²) in [6.45, 7) is 6.89. The minimum Gasteiger partial charge on any atom is -0.500 e. The Bertz CT molecular complexity index is 2220. The number of benzene rings is 3. The van der Waals surface area contributed by atoms with E-state index in [1.165, 1.54) is 16.6 Å². The number of rotatable bonds is 3. The molecule has 0 spiro atoms. The smallest absolute Gasteiger partial charge is 0.129 e. The van der Waals surface area contributed by atoms with Gasteiger partial charge in [-0.2, -0.15) is 0 Å². The average Bonchev–Trinajstić information content (AvgIpc) is 3.60. The number of aromatic nitrogens is 2. The Balaban J connectivity index is 0.000000270. The molecule has 0 atom stereocenters. The maximum Gasteiger partial charge on any atom is 0.129 e. The standard InChI is InChI=1S/C26H24NOS.C12H10N.Ir/c1-15-14-27-22(12-17(15)13-26(3,4)5)20-8-6-7-18-19-9-10-23-21(11-16(2)29-23)25(19)28-24(18)20;1-10-7-8-12(13-9-10)11-5-3-2-4-6-11;/h6-7,9-12,14H,13H2,1-5H3;2-5,7-9H,1H3;/q2*-1;/i1D3,13D2;;.